The molecule has 32 heavy (non-hydrogen) atoms. The second-order valence-corrected chi connectivity index (χ2v) is 7.62. The minimum Gasteiger partial charge on any atom is -0.858 e. The normalized spacial score (nSPS) is 11.6. The molecule has 5 N–H and O–H groups in total. The number of fused-ring (bicyclic) bond motifs is 1. The molecule has 0 unspecified atom stereocenters. The summed E-state index contributed by atoms with van der Waals surface area (Å²) in [5.41, 5.74) is 12.1. The highest BCUT2D eigenvalue weighted by Gasteiger charge is 2.31. The molecule has 11 nitrogen and oxygen atoms in total. The molecular formula is C20H17N7O4S. The number of anilines is 2. The number of rotatable bonds is 5. The Hall–Kier alpha value is -4.37. The van der Waals surface area contributed by atoms with Crippen molar-refractivity contribution >= 4 is 44.6 Å². The standard InChI is InChI=1S/C20H17N7O4S/c1-3-30-10-6-4-9(5-7-10)24-18(28)16-14(22)13-12(15-20(29)31-26-27(15)2)11(8-21)17(23)25-19(13)32-16/h4-7H,3H2,1-2H3,(H5-,22,23,24,25,26,28,29). The Balaban J connectivity index is 1.92. The van der Waals surface area contributed by atoms with Gasteiger partial charge in [0.2, 0.25) is 0 Å². The van der Waals surface area contributed by atoms with E-state index in [1.54, 1.807) is 24.3 Å². The van der Waals surface area contributed by atoms with Crippen LogP contribution in [-0.4, -0.2) is 22.8 Å². The molecule has 0 radical (unpaired) electrons. The zero-order valence-corrected chi connectivity index (χ0v) is 17.8. The first-order valence-electron chi connectivity index (χ1n) is 9.34. The molecule has 0 aliphatic heterocycles. The van der Waals surface area contributed by atoms with Crippen LogP contribution in [0.1, 0.15) is 17.4 Å². The molecule has 162 valence electrons. The highest BCUT2D eigenvalue weighted by atomic mass is 32.1. The van der Waals surface area contributed by atoms with Gasteiger partial charge < -0.3 is 21.3 Å². The average Bonchev–Trinajstić information content (AvgIpc) is 3.27. The molecule has 0 aliphatic rings. The van der Waals surface area contributed by atoms with Crippen molar-refractivity contribution in [3.8, 4) is 23.1 Å². The number of nitrogens with two attached hydrogens (primary N) is 2. The van der Waals surface area contributed by atoms with E-state index in [0.29, 0.717) is 22.9 Å². The van der Waals surface area contributed by atoms with Gasteiger partial charge in [0, 0.05) is 5.90 Å². The third-order valence-electron chi connectivity index (χ3n) is 4.63. The van der Waals surface area contributed by atoms with Gasteiger partial charge in [-0.05, 0) is 36.5 Å². The molecule has 0 saturated heterocycles. The maximum atomic E-state index is 12.9. The molecule has 1 aromatic carbocycles. The van der Waals surface area contributed by atoms with E-state index in [-0.39, 0.29) is 38.6 Å². The Labute approximate surface area is 184 Å². The van der Waals surface area contributed by atoms with Crippen molar-refractivity contribution in [3.63, 3.8) is 0 Å². The van der Waals surface area contributed by atoms with Crippen LogP contribution in [0.15, 0.2) is 38.6 Å². The van der Waals surface area contributed by atoms with Gasteiger partial charge in [-0.3, -0.25) is 9.52 Å². The van der Waals surface area contributed by atoms with Crippen LogP contribution in [0.4, 0.5) is 17.2 Å². The van der Waals surface area contributed by atoms with Gasteiger partial charge in [-0.1, -0.05) is 4.68 Å². The average molecular weight is 451 g/mol. The lowest BCUT2D eigenvalue weighted by Gasteiger charge is -2.10. The van der Waals surface area contributed by atoms with Crippen LogP contribution >= 0.6 is 11.3 Å². The molecule has 0 bridgehead atoms. The Morgan fingerprint density at radius 2 is 2.12 bits per heavy atom. The molecule has 12 heteroatoms. The van der Waals surface area contributed by atoms with E-state index in [1.165, 1.54) is 11.7 Å². The van der Waals surface area contributed by atoms with Gasteiger partial charge in [0.1, 0.15) is 28.0 Å². The van der Waals surface area contributed by atoms with Gasteiger partial charge in [-0.15, -0.1) is 11.3 Å². The molecule has 0 aliphatic carbocycles. The summed E-state index contributed by atoms with van der Waals surface area (Å²) in [6.45, 7) is 2.39. The second kappa shape index (κ2) is 8.05. The zero-order chi connectivity index (χ0) is 23.0. The molecule has 4 aromatic rings. The minimum absolute atomic E-state index is 0.0209. The van der Waals surface area contributed by atoms with Crippen molar-refractivity contribution in [1.82, 2.24) is 10.3 Å². The van der Waals surface area contributed by atoms with Crippen LogP contribution in [0, 0.1) is 11.3 Å². The van der Waals surface area contributed by atoms with E-state index in [1.807, 2.05) is 13.0 Å². The molecular weight excluding hydrogens is 434 g/mol. The number of aliphatic imine (C=N–C) groups is 1. The van der Waals surface area contributed by atoms with E-state index in [2.05, 4.69) is 15.2 Å². The molecule has 0 saturated carbocycles. The Morgan fingerprint density at radius 1 is 1.41 bits per heavy atom. The highest BCUT2D eigenvalue weighted by molar-refractivity contribution is 7.21. The number of hydrogen-bond donors (Lipinski definition) is 3. The maximum Gasteiger partial charge on any atom is 0.435 e. The van der Waals surface area contributed by atoms with Crippen LogP contribution in [0.3, 0.4) is 0 Å². The molecule has 0 amide bonds. The first-order chi connectivity index (χ1) is 15.3. The smallest absolute Gasteiger partial charge is 0.435 e. The fourth-order valence-corrected chi connectivity index (χ4v) is 4.24. The van der Waals surface area contributed by atoms with E-state index in [9.17, 15) is 15.2 Å². The Bertz CT molecular complexity index is 1460. The van der Waals surface area contributed by atoms with Crippen LogP contribution < -0.4 is 31.6 Å². The van der Waals surface area contributed by atoms with Gasteiger partial charge >= 0.3 is 11.3 Å². The Kier molecular flexibility index (Phi) is 5.25. The van der Waals surface area contributed by atoms with Crippen molar-refractivity contribution in [2.75, 3.05) is 18.1 Å². The predicted molar refractivity (Wildman–Crippen MR) is 116 cm³/mol. The number of nitrogens with zero attached hydrogens (tertiary/aromatic N) is 4. The van der Waals surface area contributed by atoms with Crippen molar-refractivity contribution in [2.45, 2.75) is 6.92 Å². The fraction of sp³-hybridized carbons (Fsp3) is 0.150. The lowest BCUT2D eigenvalue weighted by Crippen LogP contribution is -2.34. The summed E-state index contributed by atoms with van der Waals surface area (Å²) < 4.78 is 11.5. The molecule has 4 rings (SSSR count). The van der Waals surface area contributed by atoms with Gasteiger partial charge in [0.05, 0.1) is 33.8 Å². The summed E-state index contributed by atoms with van der Waals surface area (Å²) in [6.07, 6.45) is 0. The van der Waals surface area contributed by atoms with Gasteiger partial charge in [-0.25, -0.2) is 9.78 Å². The number of nitrogens with one attached hydrogen (secondary N) is 1. The zero-order valence-electron chi connectivity index (χ0n) is 17.0. The fourth-order valence-electron chi connectivity index (χ4n) is 3.24. The summed E-state index contributed by atoms with van der Waals surface area (Å²) in [5.74, 6) is -0.0331. The molecule has 0 spiro atoms. The number of hydrogen-bond acceptors (Lipinski definition) is 10. The maximum absolute atomic E-state index is 12.9. The van der Waals surface area contributed by atoms with Crippen molar-refractivity contribution in [3.05, 3.63) is 45.1 Å². The number of aromatic amines is 1. The van der Waals surface area contributed by atoms with Crippen molar-refractivity contribution in [2.24, 2.45) is 12.0 Å². The number of pyridine rings is 1. The number of aromatic nitrogens is 3. The predicted octanol–water partition coefficient (Wildman–Crippen LogP) is 0.942. The van der Waals surface area contributed by atoms with Crippen LogP contribution in [0.5, 0.6) is 5.75 Å². The van der Waals surface area contributed by atoms with Crippen molar-refractivity contribution < 1.29 is 19.0 Å². The second-order valence-electron chi connectivity index (χ2n) is 6.62. The van der Waals surface area contributed by atoms with Gasteiger partial charge in [-0.2, -0.15) is 5.26 Å². The SMILES string of the molecule is CCOc1ccc(N=C([O-])c2sc3nc(N)c(C#N)c(-c4c(=O)o[nH][n+]4C)c3c2N)cc1. The molecule has 0 atom stereocenters. The number of thiophene rings is 1. The van der Waals surface area contributed by atoms with E-state index < -0.39 is 11.5 Å². The lowest BCUT2D eigenvalue weighted by molar-refractivity contribution is -0.730. The lowest BCUT2D eigenvalue weighted by atomic mass is 10.0. The summed E-state index contributed by atoms with van der Waals surface area (Å²) in [6, 6.07) is 8.65. The van der Waals surface area contributed by atoms with E-state index in [4.69, 9.17) is 20.7 Å². The number of benzene rings is 1. The quantitative estimate of drug-likeness (QED) is 0.227. The summed E-state index contributed by atoms with van der Waals surface area (Å²) in [5, 5.41) is 25.2. The van der Waals surface area contributed by atoms with Gasteiger partial charge in [0.15, 0.2) is 7.05 Å². The van der Waals surface area contributed by atoms with E-state index in [0.717, 1.165) is 11.3 Å². The van der Waals surface area contributed by atoms with Crippen LogP contribution in [0.25, 0.3) is 21.5 Å². The highest BCUT2D eigenvalue weighted by Crippen LogP contribution is 2.41. The number of ether oxygens (including phenoxy) is 1. The van der Waals surface area contributed by atoms with Crippen molar-refractivity contribution in [1.29, 1.82) is 5.26 Å². The minimum atomic E-state index is -0.728. The van der Waals surface area contributed by atoms with Crippen LogP contribution in [-0.2, 0) is 7.05 Å². The first kappa shape index (κ1) is 20.9. The largest absolute Gasteiger partial charge is 0.858 e. The first-order valence-corrected chi connectivity index (χ1v) is 10.2. The third kappa shape index (κ3) is 3.40. The summed E-state index contributed by atoms with van der Waals surface area (Å²) in [7, 11) is 1.53. The number of aryl methyl sites for hydroxylation is 1. The third-order valence-corrected chi connectivity index (χ3v) is 5.72. The van der Waals surface area contributed by atoms with Gasteiger partial charge in [0.25, 0.3) is 0 Å². The summed E-state index contributed by atoms with van der Waals surface area (Å²) in [4.78, 5) is 21.0. The Morgan fingerprint density at radius 3 is 2.72 bits per heavy atom. The molecule has 3 aromatic heterocycles. The summed E-state index contributed by atoms with van der Waals surface area (Å²) >= 11 is 0.973. The number of H-pyrrole nitrogens is 1. The number of nitrogen functional groups attached to an aromatic ring is 2. The molecule has 0 fully saturated rings. The molecule has 3 heterocycles. The van der Waals surface area contributed by atoms with E-state index >= 15 is 0 Å². The number of nitriles is 1. The van der Waals surface area contributed by atoms with Crippen LogP contribution in [0.2, 0.25) is 0 Å². The monoisotopic (exact) mass is 451 g/mol. The topological polar surface area (TPSA) is 183 Å².